The first-order chi connectivity index (χ1) is 12.2. The Hall–Kier alpha value is -2.40. The van der Waals surface area contributed by atoms with Crippen molar-refractivity contribution in [2.24, 2.45) is 4.99 Å². The van der Waals surface area contributed by atoms with Gasteiger partial charge >= 0.3 is 0 Å². The van der Waals surface area contributed by atoms with Crippen molar-refractivity contribution in [1.29, 1.82) is 0 Å². The highest BCUT2D eigenvalue weighted by molar-refractivity contribution is 6.31. The number of aromatic hydroxyl groups is 1. The van der Waals surface area contributed by atoms with E-state index in [1.807, 2.05) is 42.5 Å². The number of benzene rings is 2. The standard InChI is InChI=1S/C19H23ClN4O/c1-21-19(22-14-15-6-2-3-7-16(15)20)24-12-10-23(11-13-24)17-8-4-5-9-18(17)25/h2-9,25H,10-14H2,1H3,(H,21,22). The van der Waals surface area contributed by atoms with Gasteiger partial charge in [0.25, 0.3) is 0 Å². The molecule has 0 saturated carbocycles. The second-order valence-corrected chi connectivity index (χ2v) is 6.36. The number of phenolic OH excluding ortho intramolecular Hbond substituents is 1. The molecule has 0 aromatic heterocycles. The van der Waals surface area contributed by atoms with Crippen molar-refractivity contribution in [3.05, 3.63) is 59.1 Å². The monoisotopic (exact) mass is 358 g/mol. The van der Waals surface area contributed by atoms with Gasteiger partial charge < -0.3 is 20.2 Å². The van der Waals surface area contributed by atoms with Gasteiger partial charge in [0.05, 0.1) is 5.69 Å². The van der Waals surface area contributed by atoms with Crippen LogP contribution in [0.25, 0.3) is 0 Å². The van der Waals surface area contributed by atoms with Crippen molar-refractivity contribution in [3.63, 3.8) is 0 Å². The fraction of sp³-hybridized carbons (Fsp3) is 0.316. The predicted molar refractivity (Wildman–Crippen MR) is 104 cm³/mol. The van der Waals surface area contributed by atoms with Gasteiger partial charge in [0.1, 0.15) is 5.75 Å². The molecule has 0 amide bonds. The molecule has 2 N–H and O–H groups in total. The normalized spacial score (nSPS) is 15.4. The Labute approximate surface area is 153 Å². The number of halogens is 1. The van der Waals surface area contributed by atoms with Crippen molar-refractivity contribution in [1.82, 2.24) is 10.2 Å². The molecule has 3 rings (SSSR count). The number of nitrogens with zero attached hydrogens (tertiary/aromatic N) is 3. The second-order valence-electron chi connectivity index (χ2n) is 5.95. The molecule has 1 fully saturated rings. The summed E-state index contributed by atoms with van der Waals surface area (Å²) >= 11 is 6.21. The van der Waals surface area contributed by atoms with Crippen LogP contribution >= 0.6 is 11.6 Å². The fourth-order valence-corrected chi connectivity index (χ4v) is 3.24. The minimum absolute atomic E-state index is 0.331. The second kappa shape index (κ2) is 8.12. The molecule has 0 aliphatic carbocycles. The Bertz CT molecular complexity index is 742. The van der Waals surface area contributed by atoms with Gasteiger partial charge in [-0.1, -0.05) is 41.9 Å². The Morgan fingerprint density at radius 2 is 1.76 bits per heavy atom. The summed E-state index contributed by atoms with van der Waals surface area (Å²) in [6.07, 6.45) is 0. The first-order valence-corrected chi connectivity index (χ1v) is 8.79. The number of para-hydroxylation sites is 2. The van der Waals surface area contributed by atoms with E-state index in [1.54, 1.807) is 13.1 Å². The number of hydrogen-bond donors (Lipinski definition) is 2. The van der Waals surface area contributed by atoms with Crippen molar-refractivity contribution in [2.75, 3.05) is 38.1 Å². The molecule has 0 unspecified atom stereocenters. The molecule has 0 atom stereocenters. The van der Waals surface area contributed by atoms with Crippen LogP contribution in [0.1, 0.15) is 5.56 Å². The molecule has 0 radical (unpaired) electrons. The molecule has 5 nitrogen and oxygen atoms in total. The smallest absolute Gasteiger partial charge is 0.194 e. The number of aliphatic imine (C=N–C) groups is 1. The van der Waals surface area contributed by atoms with E-state index in [9.17, 15) is 5.11 Å². The lowest BCUT2D eigenvalue weighted by Gasteiger charge is -2.37. The number of hydrogen-bond acceptors (Lipinski definition) is 3. The SMILES string of the molecule is CN=C(NCc1ccccc1Cl)N1CCN(c2ccccc2O)CC1. The van der Waals surface area contributed by atoms with Gasteiger partial charge in [0.15, 0.2) is 5.96 Å². The average molecular weight is 359 g/mol. The Morgan fingerprint density at radius 3 is 2.44 bits per heavy atom. The van der Waals surface area contributed by atoms with E-state index in [-0.39, 0.29) is 0 Å². The molecule has 0 spiro atoms. The lowest BCUT2D eigenvalue weighted by molar-refractivity contribution is 0.369. The third-order valence-electron chi connectivity index (χ3n) is 4.41. The molecule has 1 saturated heterocycles. The third kappa shape index (κ3) is 4.17. The van der Waals surface area contributed by atoms with E-state index in [4.69, 9.17) is 11.6 Å². The van der Waals surface area contributed by atoms with Gasteiger partial charge in [-0.15, -0.1) is 0 Å². The van der Waals surface area contributed by atoms with Crippen molar-refractivity contribution in [3.8, 4) is 5.75 Å². The highest BCUT2D eigenvalue weighted by Gasteiger charge is 2.21. The van der Waals surface area contributed by atoms with Gasteiger partial charge in [-0.25, -0.2) is 0 Å². The van der Waals surface area contributed by atoms with Crippen LogP contribution in [0.15, 0.2) is 53.5 Å². The first kappa shape index (κ1) is 17.4. The van der Waals surface area contributed by atoms with Crippen LogP contribution < -0.4 is 10.2 Å². The van der Waals surface area contributed by atoms with Crippen LogP contribution in [-0.4, -0.2) is 49.2 Å². The number of rotatable bonds is 3. The lowest BCUT2D eigenvalue weighted by atomic mass is 10.2. The molecule has 0 bridgehead atoms. The molecule has 1 aliphatic rings. The van der Waals surface area contributed by atoms with Crippen molar-refractivity contribution in [2.45, 2.75) is 6.54 Å². The number of piperazine rings is 1. The Balaban J connectivity index is 1.57. The minimum Gasteiger partial charge on any atom is -0.506 e. The highest BCUT2D eigenvalue weighted by Crippen LogP contribution is 2.27. The average Bonchev–Trinajstić information content (AvgIpc) is 2.65. The topological polar surface area (TPSA) is 51.1 Å². The van der Waals surface area contributed by atoms with Gasteiger partial charge in [-0.3, -0.25) is 4.99 Å². The summed E-state index contributed by atoms with van der Waals surface area (Å²) in [7, 11) is 1.80. The summed E-state index contributed by atoms with van der Waals surface area (Å²) in [6, 6.07) is 15.3. The maximum atomic E-state index is 10.0. The van der Waals surface area contributed by atoms with Gasteiger partial charge in [-0.05, 0) is 23.8 Å². The molecule has 132 valence electrons. The van der Waals surface area contributed by atoms with Crippen molar-refractivity contribution < 1.29 is 5.11 Å². The molecule has 1 heterocycles. The summed E-state index contributed by atoms with van der Waals surface area (Å²) in [5, 5.41) is 14.2. The van der Waals surface area contributed by atoms with E-state index < -0.39 is 0 Å². The zero-order valence-electron chi connectivity index (χ0n) is 14.3. The van der Waals surface area contributed by atoms with E-state index in [1.165, 1.54) is 0 Å². The molecule has 2 aromatic rings. The summed E-state index contributed by atoms with van der Waals surface area (Å²) in [6.45, 7) is 4.01. The highest BCUT2D eigenvalue weighted by atomic mass is 35.5. The maximum absolute atomic E-state index is 10.0. The number of phenols is 1. The fourth-order valence-electron chi connectivity index (χ4n) is 3.04. The minimum atomic E-state index is 0.331. The Kier molecular flexibility index (Phi) is 5.66. The van der Waals surface area contributed by atoms with E-state index >= 15 is 0 Å². The molecular formula is C19H23ClN4O. The van der Waals surface area contributed by atoms with Gasteiger partial charge in [-0.2, -0.15) is 0 Å². The first-order valence-electron chi connectivity index (χ1n) is 8.41. The maximum Gasteiger partial charge on any atom is 0.194 e. The van der Waals surface area contributed by atoms with Crippen LogP contribution in [0, 0.1) is 0 Å². The predicted octanol–water partition coefficient (Wildman–Crippen LogP) is 2.94. The van der Waals surface area contributed by atoms with E-state index in [0.29, 0.717) is 12.3 Å². The van der Waals surface area contributed by atoms with Crippen LogP contribution in [0.3, 0.4) is 0 Å². The van der Waals surface area contributed by atoms with Crippen LogP contribution in [0.2, 0.25) is 5.02 Å². The summed E-state index contributed by atoms with van der Waals surface area (Å²) in [4.78, 5) is 8.82. The molecule has 2 aromatic carbocycles. The lowest BCUT2D eigenvalue weighted by Crippen LogP contribution is -2.52. The van der Waals surface area contributed by atoms with Crippen LogP contribution in [0.4, 0.5) is 5.69 Å². The largest absolute Gasteiger partial charge is 0.506 e. The molecule has 25 heavy (non-hydrogen) atoms. The summed E-state index contributed by atoms with van der Waals surface area (Å²) in [5.74, 6) is 1.20. The number of anilines is 1. The molecular weight excluding hydrogens is 336 g/mol. The zero-order valence-corrected chi connectivity index (χ0v) is 15.1. The molecule has 1 aliphatic heterocycles. The van der Waals surface area contributed by atoms with Gasteiger partial charge in [0, 0.05) is 44.8 Å². The summed E-state index contributed by atoms with van der Waals surface area (Å²) < 4.78 is 0. The molecule has 6 heteroatoms. The summed E-state index contributed by atoms with van der Waals surface area (Å²) in [5.41, 5.74) is 1.94. The quantitative estimate of drug-likeness (QED) is 0.654. The number of nitrogens with one attached hydrogen (secondary N) is 1. The zero-order chi connectivity index (χ0) is 17.6. The third-order valence-corrected chi connectivity index (χ3v) is 4.78. The van der Waals surface area contributed by atoms with Crippen molar-refractivity contribution >= 4 is 23.2 Å². The van der Waals surface area contributed by atoms with Crippen LogP contribution in [0.5, 0.6) is 5.75 Å². The van der Waals surface area contributed by atoms with E-state index in [0.717, 1.165) is 48.4 Å². The Morgan fingerprint density at radius 1 is 1.08 bits per heavy atom. The van der Waals surface area contributed by atoms with Gasteiger partial charge in [0.2, 0.25) is 0 Å². The number of guanidine groups is 1. The van der Waals surface area contributed by atoms with Crippen LogP contribution in [-0.2, 0) is 6.54 Å². The van der Waals surface area contributed by atoms with E-state index in [2.05, 4.69) is 20.1 Å².